The quantitative estimate of drug-likeness (QED) is 0.510. The molecule has 0 spiro atoms. The molecule has 0 heterocycles. The third-order valence-electron chi connectivity index (χ3n) is 1.10. The molecule has 0 aromatic heterocycles. The Morgan fingerprint density at radius 1 is 1.23 bits per heavy atom. The predicted molar refractivity (Wildman–Crippen MR) is 43.8 cm³/mol. The summed E-state index contributed by atoms with van der Waals surface area (Å²) in [5, 5.41) is 18.8. The molecule has 0 amide bonds. The minimum Gasteiger partial charge on any atom is -0.545 e. The molecule has 0 fully saturated rings. The summed E-state index contributed by atoms with van der Waals surface area (Å²) in [7, 11) is 0. The number of benzene rings is 1. The van der Waals surface area contributed by atoms with Gasteiger partial charge >= 0.3 is 29.6 Å². The average molecular weight is 190 g/mol. The zero-order valence-corrected chi connectivity index (χ0v) is 10.1. The Balaban J connectivity index is 0. The molecule has 0 bridgehead atoms. The molecule has 1 aromatic rings. The topological polar surface area (TPSA) is 60.4 Å². The number of carbonyl (C=O) groups is 1. The van der Waals surface area contributed by atoms with Gasteiger partial charge in [-0.2, -0.15) is 0 Å². The van der Waals surface area contributed by atoms with E-state index in [-0.39, 0.29) is 40.9 Å². The Labute approximate surface area is 99.7 Å². The minimum atomic E-state index is -1.24. The average Bonchev–Trinajstić information content (AvgIpc) is 2.09. The first-order valence-corrected chi connectivity index (χ1v) is 3.70. The van der Waals surface area contributed by atoms with E-state index in [1.807, 2.05) is 13.8 Å². The van der Waals surface area contributed by atoms with Crippen molar-refractivity contribution in [2.75, 3.05) is 0 Å². The number of aromatic carboxylic acids is 1. The molecule has 0 aliphatic rings. The Hall–Kier alpha value is -0.510. The molecule has 1 rings (SSSR count). The first kappa shape index (κ1) is 15.0. The first-order valence-electron chi connectivity index (χ1n) is 3.70. The van der Waals surface area contributed by atoms with E-state index in [0.717, 1.165) is 0 Å². The molecular weight excluding hydrogens is 179 g/mol. The number of aromatic hydroxyl groups is 1. The van der Waals surface area contributed by atoms with Crippen LogP contribution in [-0.4, -0.2) is 11.1 Å². The molecule has 0 saturated carbocycles. The van der Waals surface area contributed by atoms with Gasteiger partial charge in [0.1, 0.15) is 5.75 Å². The zero-order valence-electron chi connectivity index (χ0n) is 8.07. The molecule has 0 aliphatic heterocycles. The molecule has 1 aromatic carbocycles. The third-order valence-corrected chi connectivity index (χ3v) is 1.10. The van der Waals surface area contributed by atoms with Crippen molar-refractivity contribution in [3.63, 3.8) is 0 Å². The van der Waals surface area contributed by atoms with E-state index < -0.39 is 5.97 Å². The summed E-state index contributed by atoms with van der Waals surface area (Å²) in [6, 6.07) is 5.16. The maximum Gasteiger partial charge on any atom is 1.00 e. The predicted octanol–water partition coefficient (Wildman–Crippen LogP) is -2.21. The van der Waals surface area contributed by atoms with Gasteiger partial charge in [0.25, 0.3) is 0 Å². The molecule has 4 heteroatoms. The number of carbonyl (C=O) groups excluding carboxylic acids is 1. The molecule has 13 heavy (non-hydrogen) atoms. The van der Waals surface area contributed by atoms with E-state index in [4.69, 9.17) is 5.11 Å². The van der Waals surface area contributed by atoms with Crippen LogP contribution in [0, 0.1) is 0 Å². The van der Waals surface area contributed by atoms with Gasteiger partial charge in [0, 0.05) is 0 Å². The van der Waals surface area contributed by atoms with Crippen molar-refractivity contribution in [1.82, 2.24) is 0 Å². The Bertz CT molecular complexity index is 244. The number of phenolic OH excluding ortho intramolecular Hbond substituents is 1. The second kappa shape index (κ2) is 8.10. The van der Waals surface area contributed by atoms with Gasteiger partial charge in [-0.15, -0.1) is 0 Å². The Morgan fingerprint density at radius 2 is 1.62 bits per heavy atom. The van der Waals surface area contributed by atoms with E-state index in [1.165, 1.54) is 24.3 Å². The molecular formula is C9H11NaO3. The Kier molecular flexibility index (Phi) is 9.34. The van der Waals surface area contributed by atoms with Crippen LogP contribution in [0.2, 0.25) is 0 Å². The van der Waals surface area contributed by atoms with Crippen LogP contribution in [0.3, 0.4) is 0 Å². The van der Waals surface area contributed by atoms with Gasteiger partial charge in [-0.25, -0.2) is 0 Å². The van der Waals surface area contributed by atoms with Gasteiger partial charge < -0.3 is 15.0 Å². The first-order chi connectivity index (χ1) is 5.70. The van der Waals surface area contributed by atoms with Crippen LogP contribution < -0.4 is 34.7 Å². The number of hydrogen-bond acceptors (Lipinski definition) is 3. The van der Waals surface area contributed by atoms with E-state index in [9.17, 15) is 9.90 Å². The van der Waals surface area contributed by atoms with E-state index in [1.54, 1.807) is 0 Å². The maximum atomic E-state index is 10.1. The minimum absolute atomic E-state index is 0. The van der Waals surface area contributed by atoms with Gasteiger partial charge in [-0.1, -0.05) is 13.8 Å². The molecule has 0 unspecified atom stereocenters. The normalized spacial score (nSPS) is 7.54. The van der Waals surface area contributed by atoms with Crippen LogP contribution in [0.25, 0.3) is 0 Å². The van der Waals surface area contributed by atoms with Crippen LogP contribution in [0.1, 0.15) is 24.2 Å². The number of carboxylic acid groups (broad SMARTS) is 1. The van der Waals surface area contributed by atoms with Crippen LogP contribution in [0.4, 0.5) is 0 Å². The molecule has 3 nitrogen and oxygen atoms in total. The summed E-state index contributed by atoms with van der Waals surface area (Å²) in [6.07, 6.45) is 0. The van der Waals surface area contributed by atoms with Gasteiger partial charge in [0.2, 0.25) is 0 Å². The van der Waals surface area contributed by atoms with Crippen molar-refractivity contribution >= 4 is 5.97 Å². The van der Waals surface area contributed by atoms with Crippen molar-refractivity contribution in [3.8, 4) is 5.75 Å². The van der Waals surface area contributed by atoms with Gasteiger partial charge in [-0.3, -0.25) is 0 Å². The number of carboxylic acids is 1. The summed E-state index contributed by atoms with van der Waals surface area (Å²) >= 11 is 0. The summed E-state index contributed by atoms with van der Waals surface area (Å²) in [6.45, 7) is 4.00. The number of rotatable bonds is 1. The fraction of sp³-hybridized carbons (Fsp3) is 0.222. The second-order valence-corrected chi connectivity index (χ2v) is 1.83. The van der Waals surface area contributed by atoms with E-state index in [2.05, 4.69) is 0 Å². The summed E-state index contributed by atoms with van der Waals surface area (Å²) < 4.78 is 0. The third kappa shape index (κ3) is 5.69. The monoisotopic (exact) mass is 190 g/mol. The standard InChI is InChI=1S/C7H6O3.C2H6.Na/c8-6-3-1-5(2-4-6)7(9)10;1-2;/h1-4,8H,(H,9,10);1-2H3;/q;;+1/p-1. The van der Waals surface area contributed by atoms with E-state index >= 15 is 0 Å². The molecule has 66 valence electrons. The smallest absolute Gasteiger partial charge is 0.545 e. The molecule has 0 saturated heterocycles. The summed E-state index contributed by atoms with van der Waals surface area (Å²) in [5.74, 6) is -1.19. The molecule has 0 aliphatic carbocycles. The zero-order chi connectivity index (χ0) is 9.56. The van der Waals surface area contributed by atoms with Gasteiger partial charge in [0.15, 0.2) is 0 Å². The molecule has 0 radical (unpaired) electrons. The summed E-state index contributed by atoms with van der Waals surface area (Å²) in [5.41, 5.74) is 0.0674. The van der Waals surface area contributed by atoms with Crippen LogP contribution in [-0.2, 0) is 0 Å². The maximum absolute atomic E-state index is 10.1. The van der Waals surface area contributed by atoms with Gasteiger partial charge in [-0.05, 0) is 29.8 Å². The largest absolute Gasteiger partial charge is 1.00 e. The Morgan fingerprint density at radius 3 is 1.92 bits per heavy atom. The van der Waals surface area contributed by atoms with Crippen molar-refractivity contribution in [2.24, 2.45) is 0 Å². The fourth-order valence-corrected chi connectivity index (χ4v) is 0.598. The van der Waals surface area contributed by atoms with Crippen molar-refractivity contribution in [1.29, 1.82) is 0 Å². The fourth-order valence-electron chi connectivity index (χ4n) is 0.598. The van der Waals surface area contributed by atoms with Crippen LogP contribution in [0.5, 0.6) is 5.75 Å². The van der Waals surface area contributed by atoms with Gasteiger partial charge in [0.05, 0.1) is 5.97 Å². The number of phenols is 1. The molecule has 1 N–H and O–H groups in total. The summed E-state index contributed by atoms with van der Waals surface area (Å²) in [4.78, 5) is 10.1. The van der Waals surface area contributed by atoms with Crippen LogP contribution in [0.15, 0.2) is 24.3 Å². The number of hydrogen-bond donors (Lipinski definition) is 1. The SMILES string of the molecule is CC.O=C([O-])c1ccc(O)cc1.[Na+]. The van der Waals surface area contributed by atoms with Crippen LogP contribution >= 0.6 is 0 Å². The van der Waals surface area contributed by atoms with Crippen molar-refractivity contribution in [3.05, 3.63) is 29.8 Å². The molecule has 0 atom stereocenters. The van der Waals surface area contributed by atoms with E-state index in [0.29, 0.717) is 0 Å². The van der Waals surface area contributed by atoms with Crippen molar-refractivity contribution in [2.45, 2.75) is 13.8 Å². The van der Waals surface area contributed by atoms with Crippen molar-refractivity contribution < 1.29 is 44.6 Å². The second-order valence-electron chi connectivity index (χ2n) is 1.83.